The van der Waals surface area contributed by atoms with E-state index in [4.69, 9.17) is 21.5 Å². The fourth-order valence-electron chi connectivity index (χ4n) is 1.38. The molecular weight excluding hydrogens is 293 g/mol. The normalized spacial score (nSPS) is 11.3. The van der Waals surface area contributed by atoms with Gasteiger partial charge in [-0.3, -0.25) is 0 Å². The lowest BCUT2D eigenvalue weighted by Crippen LogP contribution is -2.11. The number of ether oxygens (including phenoxy) is 1. The molecule has 0 aliphatic heterocycles. The van der Waals surface area contributed by atoms with Crippen LogP contribution < -0.4 is 9.88 Å². The molecule has 0 aliphatic rings. The van der Waals surface area contributed by atoms with Gasteiger partial charge in [0.15, 0.2) is 0 Å². The first-order chi connectivity index (χ1) is 8.86. The first-order valence-corrected chi connectivity index (χ1v) is 7.04. The molecule has 0 amide bonds. The van der Waals surface area contributed by atoms with Crippen LogP contribution in [0.5, 0.6) is 11.5 Å². The van der Waals surface area contributed by atoms with Crippen molar-refractivity contribution in [1.82, 2.24) is 0 Å². The highest BCUT2D eigenvalue weighted by molar-refractivity contribution is 7.89. The number of halogens is 2. The number of primary sulfonamides is 1. The fraction of sp³-hybridized carbons (Fsp3) is 0. The quantitative estimate of drug-likeness (QED) is 0.947. The summed E-state index contributed by atoms with van der Waals surface area (Å²) in [6.07, 6.45) is 0. The zero-order valence-electron chi connectivity index (χ0n) is 9.51. The highest BCUT2D eigenvalue weighted by Gasteiger charge is 2.08. The van der Waals surface area contributed by atoms with E-state index in [2.05, 4.69) is 0 Å². The van der Waals surface area contributed by atoms with E-state index in [1.54, 1.807) is 0 Å². The maximum atomic E-state index is 12.8. The Morgan fingerprint density at radius 2 is 1.74 bits per heavy atom. The van der Waals surface area contributed by atoms with Crippen molar-refractivity contribution in [2.75, 3.05) is 0 Å². The smallest absolute Gasteiger partial charge is 0.238 e. The molecule has 0 saturated heterocycles. The van der Waals surface area contributed by atoms with Crippen LogP contribution in [0.3, 0.4) is 0 Å². The second-order valence-electron chi connectivity index (χ2n) is 3.69. The van der Waals surface area contributed by atoms with Crippen LogP contribution in [-0.2, 0) is 10.0 Å². The van der Waals surface area contributed by atoms with E-state index in [0.717, 1.165) is 6.07 Å². The number of rotatable bonds is 3. The molecule has 0 aromatic heterocycles. The second-order valence-corrected chi connectivity index (χ2v) is 5.66. The van der Waals surface area contributed by atoms with Crippen molar-refractivity contribution < 1.29 is 17.5 Å². The van der Waals surface area contributed by atoms with Gasteiger partial charge in [0.05, 0.1) is 9.92 Å². The van der Waals surface area contributed by atoms with Crippen molar-refractivity contribution in [3.63, 3.8) is 0 Å². The zero-order valence-corrected chi connectivity index (χ0v) is 11.1. The van der Waals surface area contributed by atoms with E-state index in [0.29, 0.717) is 5.75 Å². The zero-order chi connectivity index (χ0) is 14.0. The van der Waals surface area contributed by atoms with E-state index in [9.17, 15) is 12.8 Å². The van der Waals surface area contributed by atoms with Gasteiger partial charge in [0.25, 0.3) is 0 Å². The monoisotopic (exact) mass is 301 g/mol. The Morgan fingerprint density at radius 1 is 1.11 bits per heavy atom. The van der Waals surface area contributed by atoms with Crippen molar-refractivity contribution in [2.24, 2.45) is 5.14 Å². The van der Waals surface area contributed by atoms with Crippen molar-refractivity contribution in [3.05, 3.63) is 53.3 Å². The molecular formula is C12H9ClFNO3S. The number of hydrogen-bond donors (Lipinski definition) is 1. The van der Waals surface area contributed by atoms with Gasteiger partial charge in [0.1, 0.15) is 17.3 Å². The third-order valence-corrected chi connectivity index (χ3v) is 3.50. The molecule has 0 bridgehead atoms. The Balaban J connectivity index is 2.25. The van der Waals surface area contributed by atoms with Gasteiger partial charge >= 0.3 is 0 Å². The molecule has 0 radical (unpaired) electrons. The maximum absolute atomic E-state index is 12.8. The molecule has 0 atom stereocenters. The average molecular weight is 302 g/mol. The maximum Gasteiger partial charge on any atom is 0.238 e. The average Bonchev–Trinajstić information content (AvgIpc) is 2.32. The molecule has 2 N–H and O–H groups in total. The molecule has 2 rings (SSSR count). The highest BCUT2D eigenvalue weighted by Crippen LogP contribution is 2.30. The minimum Gasteiger partial charge on any atom is -0.456 e. The van der Waals surface area contributed by atoms with Crippen molar-refractivity contribution >= 4 is 21.6 Å². The van der Waals surface area contributed by atoms with E-state index >= 15 is 0 Å². The lowest BCUT2D eigenvalue weighted by molar-refractivity contribution is 0.480. The highest BCUT2D eigenvalue weighted by atomic mass is 35.5. The minimum absolute atomic E-state index is 0.0231. The van der Waals surface area contributed by atoms with Crippen LogP contribution in [0.15, 0.2) is 47.4 Å². The lowest BCUT2D eigenvalue weighted by Gasteiger charge is -2.08. The number of sulfonamides is 1. The summed E-state index contributed by atoms with van der Waals surface area (Å²) in [5.74, 6) is 0.161. The molecule has 4 nitrogen and oxygen atoms in total. The van der Waals surface area contributed by atoms with Crippen molar-refractivity contribution in [1.29, 1.82) is 0 Å². The van der Waals surface area contributed by atoms with Crippen LogP contribution in [-0.4, -0.2) is 8.42 Å². The van der Waals surface area contributed by atoms with Gasteiger partial charge in [-0.15, -0.1) is 0 Å². The van der Waals surface area contributed by atoms with Gasteiger partial charge in [-0.05, 0) is 42.5 Å². The van der Waals surface area contributed by atoms with E-state index in [-0.39, 0.29) is 15.7 Å². The first kappa shape index (κ1) is 13.8. The van der Waals surface area contributed by atoms with Crippen LogP contribution in [0.1, 0.15) is 0 Å². The summed E-state index contributed by atoms with van der Waals surface area (Å²) in [6, 6.07) is 9.18. The first-order valence-electron chi connectivity index (χ1n) is 5.12. The summed E-state index contributed by atoms with van der Waals surface area (Å²) in [4.78, 5) is -0.0231. The molecule has 0 spiro atoms. The van der Waals surface area contributed by atoms with Crippen LogP contribution >= 0.6 is 11.6 Å². The molecule has 7 heteroatoms. The predicted octanol–water partition coefficient (Wildman–Crippen LogP) is 2.92. The topological polar surface area (TPSA) is 69.4 Å². The molecule has 0 fully saturated rings. The van der Waals surface area contributed by atoms with Crippen molar-refractivity contribution in [3.8, 4) is 11.5 Å². The summed E-state index contributed by atoms with van der Waals surface area (Å²) in [7, 11) is -3.74. The predicted molar refractivity (Wildman–Crippen MR) is 69.3 cm³/mol. The Labute approximate surface area is 114 Å². The van der Waals surface area contributed by atoms with Crippen LogP contribution in [0, 0.1) is 5.82 Å². The molecule has 0 saturated carbocycles. The molecule has 0 heterocycles. The number of nitrogens with two attached hydrogens (primary N) is 1. The van der Waals surface area contributed by atoms with Crippen molar-refractivity contribution in [2.45, 2.75) is 4.90 Å². The van der Waals surface area contributed by atoms with Gasteiger partial charge in [0.2, 0.25) is 10.0 Å². The SMILES string of the molecule is NS(=O)(=O)c1ccc(Oc2ccc(F)cc2Cl)cc1. The van der Waals surface area contributed by atoms with Gasteiger partial charge in [-0.1, -0.05) is 11.6 Å². The molecule has 0 unspecified atom stereocenters. The number of hydrogen-bond acceptors (Lipinski definition) is 3. The Kier molecular flexibility index (Phi) is 3.75. The standard InChI is InChI=1S/C12H9ClFNO3S/c13-11-7-8(14)1-6-12(11)18-9-2-4-10(5-3-9)19(15,16)17/h1-7H,(H2,15,16,17). The van der Waals surface area contributed by atoms with Gasteiger partial charge in [0, 0.05) is 0 Å². The summed E-state index contributed by atoms with van der Waals surface area (Å²) in [5, 5.41) is 5.09. The van der Waals surface area contributed by atoms with Gasteiger partial charge in [-0.25, -0.2) is 17.9 Å². The molecule has 0 aliphatic carbocycles. The second kappa shape index (κ2) is 5.16. The summed E-state index contributed by atoms with van der Waals surface area (Å²) < 4.78 is 40.4. The van der Waals surface area contributed by atoms with Crippen LogP contribution in [0.25, 0.3) is 0 Å². The lowest BCUT2D eigenvalue weighted by atomic mass is 10.3. The Bertz CT molecular complexity index is 701. The number of benzene rings is 2. The van der Waals surface area contributed by atoms with E-state index < -0.39 is 15.8 Å². The summed E-state index contributed by atoms with van der Waals surface area (Å²) in [5.41, 5.74) is 0. The van der Waals surface area contributed by atoms with Crippen LogP contribution in [0.2, 0.25) is 5.02 Å². The minimum atomic E-state index is -3.74. The Hall–Kier alpha value is -1.63. The molecule has 19 heavy (non-hydrogen) atoms. The molecule has 2 aromatic rings. The summed E-state index contributed by atoms with van der Waals surface area (Å²) >= 11 is 5.80. The van der Waals surface area contributed by atoms with E-state index in [1.165, 1.54) is 36.4 Å². The molecule has 2 aromatic carbocycles. The van der Waals surface area contributed by atoms with Gasteiger partial charge < -0.3 is 4.74 Å². The Morgan fingerprint density at radius 3 is 2.26 bits per heavy atom. The van der Waals surface area contributed by atoms with E-state index in [1.807, 2.05) is 0 Å². The third kappa shape index (κ3) is 3.44. The largest absolute Gasteiger partial charge is 0.456 e. The fourth-order valence-corrected chi connectivity index (χ4v) is 2.10. The molecule has 100 valence electrons. The third-order valence-electron chi connectivity index (χ3n) is 2.27. The summed E-state index contributed by atoms with van der Waals surface area (Å²) in [6.45, 7) is 0. The van der Waals surface area contributed by atoms with Crippen LogP contribution in [0.4, 0.5) is 4.39 Å². The van der Waals surface area contributed by atoms with Gasteiger partial charge in [-0.2, -0.15) is 0 Å².